The molecule has 2 aromatic rings. The number of aromatic nitrogens is 1. The van der Waals surface area contributed by atoms with E-state index in [0.29, 0.717) is 57.6 Å². The molecule has 2 amide bonds. The monoisotopic (exact) mass is 446 g/mol. The molecule has 1 aromatic carbocycles. The molecular weight excluding hydrogens is 431 g/mol. The smallest absolute Gasteiger partial charge is 0.322 e. The molecule has 6 nitrogen and oxygen atoms in total. The number of amides is 2. The van der Waals surface area contributed by atoms with Crippen molar-refractivity contribution in [2.75, 3.05) is 42.7 Å². The van der Waals surface area contributed by atoms with E-state index >= 15 is 0 Å². The van der Waals surface area contributed by atoms with Crippen molar-refractivity contribution in [2.45, 2.75) is 4.90 Å². The topological polar surface area (TPSA) is 65.5 Å². The molecule has 1 saturated heterocycles. The van der Waals surface area contributed by atoms with E-state index in [-0.39, 0.29) is 6.03 Å². The molecule has 10 heteroatoms. The van der Waals surface area contributed by atoms with Crippen LogP contribution in [0.4, 0.5) is 16.3 Å². The zero-order chi connectivity index (χ0) is 19.6. The van der Waals surface area contributed by atoms with E-state index in [2.05, 4.69) is 10.3 Å². The van der Waals surface area contributed by atoms with Gasteiger partial charge >= 0.3 is 6.03 Å². The van der Waals surface area contributed by atoms with Crippen LogP contribution in [0.15, 0.2) is 35.4 Å². The van der Waals surface area contributed by atoms with Gasteiger partial charge in [-0.25, -0.2) is 9.78 Å². The first kappa shape index (κ1) is 20.2. The highest BCUT2D eigenvalue weighted by atomic mass is 35.5. The highest BCUT2D eigenvalue weighted by Crippen LogP contribution is 2.29. The summed E-state index contributed by atoms with van der Waals surface area (Å²) < 4.78 is 11.9. The Morgan fingerprint density at radius 2 is 1.85 bits per heavy atom. The van der Waals surface area contributed by atoms with Gasteiger partial charge in [0, 0.05) is 38.6 Å². The molecule has 0 radical (unpaired) electrons. The van der Waals surface area contributed by atoms with E-state index in [1.54, 1.807) is 35.4 Å². The number of rotatable bonds is 3. The summed E-state index contributed by atoms with van der Waals surface area (Å²) in [5.41, 5.74) is 0.457. The SMILES string of the molecule is CS(=O)c1c(Cl)cccc1NC(=O)N1CCN(c2ncc(Cl)cc2Cl)CC1. The fourth-order valence-electron chi connectivity index (χ4n) is 2.86. The van der Waals surface area contributed by atoms with Crippen molar-refractivity contribution in [1.29, 1.82) is 0 Å². The lowest BCUT2D eigenvalue weighted by Gasteiger charge is -2.35. The maximum absolute atomic E-state index is 12.6. The molecule has 1 aromatic heterocycles. The molecule has 1 aliphatic heterocycles. The Morgan fingerprint density at radius 3 is 2.48 bits per heavy atom. The van der Waals surface area contributed by atoms with E-state index in [0.717, 1.165) is 0 Å². The second kappa shape index (κ2) is 8.65. The van der Waals surface area contributed by atoms with Crippen LogP contribution in [0.25, 0.3) is 0 Å². The highest BCUT2D eigenvalue weighted by Gasteiger charge is 2.24. The summed E-state index contributed by atoms with van der Waals surface area (Å²) in [7, 11) is -1.32. The first-order valence-electron chi connectivity index (χ1n) is 8.10. The minimum atomic E-state index is -1.32. The van der Waals surface area contributed by atoms with Crippen LogP contribution < -0.4 is 10.2 Å². The van der Waals surface area contributed by atoms with Crippen molar-refractivity contribution in [3.63, 3.8) is 0 Å². The number of benzene rings is 1. The van der Waals surface area contributed by atoms with Crippen LogP contribution in [0.2, 0.25) is 15.1 Å². The van der Waals surface area contributed by atoms with Crippen LogP contribution in [0.3, 0.4) is 0 Å². The molecule has 0 saturated carbocycles. The normalized spacial score (nSPS) is 15.6. The summed E-state index contributed by atoms with van der Waals surface area (Å²) in [6.07, 6.45) is 3.08. The molecule has 1 unspecified atom stereocenters. The van der Waals surface area contributed by atoms with Crippen LogP contribution in [0, 0.1) is 0 Å². The molecule has 1 atom stereocenters. The largest absolute Gasteiger partial charge is 0.352 e. The Morgan fingerprint density at radius 1 is 1.15 bits per heavy atom. The number of nitrogens with one attached hydrogen (secondary N) is 1. The maximum Gasteiger partial charge on any atom is 0.322 e. The molecule has 3 rings (SSSR count). The second-order valence-corrected chi connectivity index (χ2v) is 8.50. The van der Waals surface area contributed by atoms with E-state index in [1.807, 2.05) is 4.90 Å². The van der Waals surface area contributed by atoms with Crippen molar-refractivity contribution in [2.24, 2.45) is 0 Å². The molecule has 1 N–H and O–H groups in total. The first-order chi connectivity index (χ1) is 12.9. The zero-order valence-corrected chi connectivity index (χ0v) is 17.5. The van der Waals surface area contributed by atoms with Gasteiger partial charge in [0.25, 0.3) is 0 Å². The van der Waals surface area contributed by atoms with Gasteiger partial charge in [-0.1, -0.05) is 40.9 Å². The van der Waals surface area contributed by atoms with Gasteiger partial charge in [-0.15, -0.1) is 0 Å². The van der Waals surface area contributed by atoms with Crippen LogP contribution in [-0.4, -0.2) is 52.6 Å². The molecule has 1 fully saturated rings. The maximum atomic E-state index is 12.6. The Hall–Kier alpha value is -1.54. The summed E-state index contributed by atoms with van der Waals surface area (Å²) in [6.45, 7) is 2.17. The summed E-state index contributed by atoms with van der Waals surface area (Å²) in [6, 6.07) is 6.43. The minimum Gasteiger partial charge on any atom is -0.352 e. The molecule has 27 heavy (non-hydrogen) atoms. The minimum absolute atomic E-state index is 0.265. The average Bonchev–Trinajstić information content (AvgIpc) is 2.61. The lowest BCUT2D eigenvalue weighted by atomic mass is 10.3. The number of hydrogen-bond donors (Lipinski definition) is 1. The van der Waals surface area contributed by atoms with Crippen LogP contribution in [0.1, 0.15) is 0 Å². The Bertz CT molecular complexity index is 888. The second-order valence-electron chi connectivity index (χ2n) is 5.93. The van der Waals surface area contributed by atoms with Crippen LogP contribution >= 0.6 is 34.8 Å². The third kappa shape index (κ3) is 4.66. The zero-order valence-electron chi connectivity index (χ0n) is 14.4. The highest BCUT2D eigenvalue weighted by molar-refractivity contribution is 7.84. The van der Waals surface area contributed by atoms with E-state index in [9.17, 15) is 9.00 Å². The van der Waals surface area contributed by atoms with Gasteiger partial charge in [0.05, 0.1) is 36.5 Å². The van der Waals surface area contributed by atoms with Gasteiger partial charge < -0.3 is 15.1 Å². The number of anilines is 2. The summed E-state index contributed by atoms with van der Waals surface area (Å²) in [5.74, 6) is 0.652. The Labute approximate surface area is 174 Å². The van der Waals surface area contributed by atoms with Gasteiger partial charge in [-0.05, 0) is 18.2 Å². The van der Waals surface area contributed by atoms with Gasteiger partial charge in [0.1, 0.15) is 5.82 Å². The summed E-state index contributed by atoms with van der Waals surface area (Å²) in [4.78, 5) is 21.0. The molecule has 2 heterocycles. The van der Waals surface area contributed by atoms with Gasteiger partial charge in [0.15, 0.2) is 0 Å². The third-order valence-electron chi connectivity index (χ3n) is 4.15. The standard InChI is InChI=1S/C17H17Cl3N4O2S/c1-27(26)15-12(19)3-2-4-14(15)22-17(25)24-7-5-23(6-8-24)16-13(20)9-11(18)10-21-16/h2-4,9-10H,5-8H2,1H3,(H,22,25). The number of hydrogen-bond acceptors (Lipinski definition) is 4. The quantitative estimate of drug-likeness (QED) is 0.768. The number of carbonyl (C=O) groups excluding carboxylic acids is 1. The number of halogens is 3. The van der Waals surface area contributed by atoms with Gasteiger partial charge in [-0.3, -0.25) is 4.21 Å². The number of pyridine rings is 1. The van der Waals surface area contributed by atoms with Crippen molar-refractivity contribution < 1.29 is 9.00 Å². The Kier molecular flexibility index (Phi) is 6.47. The molecule has 1 aliphatic rings. The fourth-order valence-corrected chi connectivity index (χ4v) is 4.63. The van der Waals surface area contributed by atoms with Crippen molar-refractivity contribution in [3.8, 4) is 0 Å². The first-order valence-corrected chi connectivity index (χ1v) is 10.8. The van der Waals surface area contributed by atoms with Crippen molar-refractivity contribution in [3.05, 3.63) is 45.5 Å². The van der Waals surface area contributed by atoms with E-state index in [4.69, 9.17) is 34.8 Å². The summed E-state index contributed by atoms with van der Waals surface area (Å²) >= 11 is 18.2. The van der Waals surface area contributed by atoms with Crippen LogP contribution in [0.5, 0.6) is 0 Å². The lowest BCUT2D eigenvalue weighted by molar-refractivity contribution is 0.208. The number of nitrogens with zero attached hydrogens (tertiary/aromatic N) is 3. The molecule has 144 valence electrons. The van der Waals surface area contributed by atoms with Gasteiger partial charge in [0.2, 0.25) is 0 Å². The molecule has 0 bridgehead atoms. The van der Waals surface area contributed by atoms with Crippen molar-refractivity contribution in [1.82, 2.24) is 9.88 Å². The third-order valence-corrected chi connectivity index (χ3v) is 6.08. The van der Waals surface area contributed by atoms with Crippen molar-refractivity contribution >= 4 is 63.1 Å². The van der Waals surface area contributed by atoms with Crippen LogP contribution in [-0.2, 0) is 10.8 Å². The number of piperazine rings is 1. The fraction of sp³-hybridized carbons (Fsp3) is 0.294. The van der Waals surface area contributed by atoms with Gasteiger partial charge in [-0.2, -0.15) is 0 Å². The molecular formula is C17H17Cl3N4O2S. The summed E-state index contributed by atoms with van der Waals surface area (Å²) in [5, 5.41) is 4.13. The molecule has 0 aliphatic carbocycles. The predicted molar refractivity (Wildman–Crippen MR) is 111 cm³/mol. The van der Waals surface area contributed by atoms with E-state index in [1.165, 1.54) is 6.26 Å². The number of urea groups is 1. The van der Waals surface area contributed by atoms with E-state index < -0.39 is 10.8 Å². The number of carbonyl (C=O) groups is 1. The average molecular weight is 448 g/mol. The molecule has 0 spiro atoms. The lowest BCUT2D eigenvalue weighted by Crippen LogP contribution is -2.50. The Balaban J connectivity index is 1.66. The predicted octanol–water partition coefficient (Wildman–Crippen LogP) is 4.13.